The average Bonchev–Trinajstić information content (AvgIpc) is 2.47. The molecular weight excluding hydrogens is 224 g/mol. The molecule has 90 valence electrons. The molecule has 0 radical (unpaired) electrons. The van der Waals surface area contributed by atoms with Gasteiger partial charge in [0.25, 0.3) is 0 Å². The lowest BCUT2D eigenvalue weighted by atomic mass is 9.95. The zero-order chi connectivity index (χ0) is 12.4. The van der Waals surface area contributed by atoms with Gasteiger partial charge in [0, 0.05) is 5.56 Å². The molecule has 0 bridgehead atoms. The molecule has 0 saturated heterocycles. The summed E-state index contributed by atoms with van der Waals surface area (Å²) in [6.07, 6.45) is 2.11. The molecule has 2 nitrogen and oxygen atoms in total. The average molecular weight is 238 g/mol. The maximum absolute atomic E-state index is 5.62. The number of para-hydroxylation sites is 1. The lowest BCUT2D eigenvalue weighted by Crippen LogP contribution is -2.05. The van der Waals surface area contributed by atoms with Gasteiger partial charge in [-0.15, -0.1) is 0 Å². The van der Waals surface area contributed by atoms with Gasteiger partial charge in [0.1, 0.15) is 18.1 Å². The van der Waals surface area contributed by atoms with Crippen LogP contribution in [-0.4, -0.2) is 13.7 Å². The molecule has 0 unspecified atom stereocenters. The Balaban J connectivity index is 2.09. The Morgan fingerprint density at radius 1 is 1.06 bits per heavy atom. The standard InChI is InChI=1S/C16H14O2/c1-17-13-6-4-5-12(11-13)14-9-10-18-16-8-3-2-7-15(14)16/h2-9,11H,10H2,1H3. The third-order valence-corrected chi connectivity index (χ3v) is 3.08. The second kappa shape index (κ2) is 4.57. The highest BCUT2D eigenvalue weighted by molar-refractivity contribution is 5.84. The Morgan fingerprint density at radius 3 is 2.83 bits per heavy atom. The highest BCUT2D eigenvalue weighted by Gasteiger charge is 2.14. The van der Waals surface area contributed by atoms with Crippen molar-refractivity contribution in [1.29, 1.82) is 0 Å². The van der Waals surface area contributed by atoms with Gasteiger partial charge in [-0.25, -0.2) is 0 Å². The maximum atomic E-state index is 5.62. The first-order valence-electron chi connectivity index (χ1n) is 5.95. The number of benzene rings is 2. The Labute approximate surface area is 106 Å². The van der Waals surface area contributed by atoms with Crippen molar-refractivity contribution in [2.45, 2.75) is 0 Å². The number of rotatable bonds is 2. The molecule has 1 aliphatic rings. The van der Waals surface area contributed by atoms with Crippen molar-refractivity contribution in [3.63, 3.8) is 0 Å². The van der Waals surface area contributed by atoms with Crippen LogP contribution in [-0.2, 0) is 0 Å². The van der Waals surface area contributed by atoms with Crippen molar-refractivity contribution in [3.8, 4) is 11.5 Å². The van der Waals surface area contributed by atoms with E-state index in [4.69, 9.17) is 9.47 Å². The molecule has 3 rings (SSSR count). The van der Waals surface area contributed by atoms with E-state index in [2.05, 4.69) is 18.2 Å². The molecule has 1 aliphatic heterocycles. The van der Waals surface area contributed by atoms with Crippen LogP contribution in [0.15, 0.2) is 54.6 Å². The molecule has 0 saturated carbocycles. The van der Waals surface area contributed by atoms with Crippen LogP contribution >= 0.6 is 0 Å². The number of fused-ring (bicyclic) bond motifs is 1. The van der Waals surface area contributed by atoms with E-state index in [0.29, 0.717) is 6.61 Å². The van der Waals surface area contributed by atoms with Gasteiger partial charge >= 0.3 is 0 Å². The van der Waals surface area contributed by atoms with Crippen LogP contribution in [0.25, 0.3) is 5.57 Å². The summed E-state index contributed by atoms with van der Waals surface area (Å²) in [6.45, 7) is 0.615. The molecular formula is C16H14O2. The normalized spacial score (nSPS) is 13.3. The van der Waals surface area contributed by atoms with E-state index < -0.39 is 0 Å². The minimum Gasteiger partial charge on any atom is -0.497 e. The monoisotopic (exact) mass is 238 g/mol. The molecule has 0 fully saturated rings. The van der Waals surface area contributed by atoms with E-state index >= 15 is 0 Å². The highest BCUT2D eigenvalue weighted by Crippen LogP contribution is 2.34. The fourth-order valence-corrected chi connectivity index (χ4v) is 2.20. The van der Waals surface area contributed by atoms with Crippen LogP contribution in [0.4, 0.5) is 0 Å². The summed E-state index contributed by atoms with van der Waals surface area (Å²) >= 11 is 0. The second-order valence-corrected chi connectivity index (χ2v) is 4.16. The van der Waals surface area contributed by atoms with Gasteiger partial charge in [-0.3, -0.25) is 0 Å². The quantitative estimate of drug-likeness (QED) is 0.797. The fourth-order valence-electron chi connectivity index (χ4n) is 2.20. The van der Waals surface area contributed by atoms with E-state index in [0.717, 1.165) is 22.6 Å². The zero-order valence-electron chi connectivity index (χ0n) is 10.2. The van der Waals surface area contributed by atoms with E-state index in [9.17, 15) is 0 Å². The topological polar surface area (TPSA) is 18.5 Å². The van der Waals surface area contributed by atoms with Crippen molar-refractivity contribution in [2.75, 3.05) is 13.7 Å². The second-order valence-electron chi connectivity index (χ2n) is 4.16. The highest BCUT2D eigenvalue weighted by atomic mass is 16.5. The molecule has 18 heavy (non-hydrogen) atoms. The van der Waals surface area contributed by atoms with Gasteiger partial charge in [0.05, 0.1) is 7.11 Å². The van der Waals surface area contributed by atoms with E-state index in [1.165, 1.54) is 5.57 Å². The third kappa shape index (κ3) is 1.86. The van der Waals surface area contributed by atoms with Gasteiger partial charge < -0.3 is 9.47 Å². The minimum atomic E-state index is 0.615. The Hall–Kier alpha value is -2.22. The van der Waals surface area contributed by atoms with Crippen molar-refractivity contribution in [3.05, 3.63) is 65.7 Å². The SMILES string of the molecule is COc1cccc(C2=CCOc3ccccc32)c1. The van der Waals surface area contributed by atoms with Gasteiger partial charge in [-0.2, -0.15) is 0 Å². The third-order valence-electron chi connectivity index (χ3n) is 3.08. The first kappa shape index (κ1) is 10.9. The smallest absolute Gasteiger partial charge is 0.127 e. The predicted molar refractivity (Wildman–Crippen MR) is 72.0 cm³/mol. The molecule has 0 aliphatic carbocycles. The largest absolute Gasteiger partial charge is 0.497 e. The Bertz CT molecular complexity index is 600. The Kier molecular flexibility index (Phi) is 2.77. The van der Waals surface area contributed by atoms with Gasteiger partial charge in [0.2, 0.25) is 0 Å². The summed E-state index contributed by atoms with van der Waals surface area (Å²) in [5.74, 6) is 1.81. The lowest BCUT2D eigenvalue weighted by Gasteiger charge is -2.19. The lowest BCUT2D eigenvalue weighted by molar-refractivity contribution is 0.357. The van der Waals surface area contributed by atoms with Gasteiger partial charge in [-0.05, 0) is 35.4 Å². The minimum absolute atomic E-state index is 0.615. The molecule has 1 heterocycles. The van der Waals surface area contributed by atoms with Crippen molar-refractivity contribution in [2.24, 2.45) is 0 Å². The van der Waals surface area contributed by atoms with Crippen LogP contribution in [0.1, 0.15) is 11.1 Å². The van der Waals surface area contributed by atoms with E-state index in [1.807, 2.05) is 36.4 Å². The predicted octanol–water partition coefficient (Wildman–Crippen LogP) is 3.52. The number of ether oxygens (including phenoxy) is 2. The van der Waals surface area contributed by atoms with Gasteiger partial charge in [0.15, 0.2) is 0 Å². The molecule has 0 aromatic heterocycles. The first-order valence-corrected chi connectivity index (χ1v) is 5.95. The number of hydrogen-bond donors (Lipinski definition) is 0. The number of hydrogen-bond acceptors (Lipinski definition) is 2. The molecule has 0 amide bonds. The summed E-state index contributed by atoms with van der Waals surface area (Å²) in [7, 11) is 1.69. The van der Waals surface area contributed by atoms with E-state index in [-0.39, 0.29) is 0 Å². The molecule has 2 aromatic rings. The van der Waals surface area contributed by atoms with Crippen LogP contribution in [0, 0.1) is 0 Å². The molecule has 0 atom stereocenters. The summed E-state index contributed by atoms with van der Waals surface area (Å²) in [6, 6.07) is 16.2. The first-order chi connectivity index (χ1) is 8.88. The van der Waals surface area contributed by atoms with Crippen molar-refractivity contribution >= 4 is 5.57 Å². The summed E-state index contributed by atoms with van der Waals surface area (Å²) in [4.78, 5) is 0. The van der Waals surface area contributed by atoms with E-state index in [1.54, 1.807) is 7.11 Å². The van der Waals surface area contributed by atoms with Crippen LogP contribution in [0.2, 0.25) is 0 Å². The van der Waals surface area contributed by atoms with Crippen molar-refractivity contribution < 1.29 is 9.47 Å². The van der Waals surface area contributed by atoms with Gasteiger partial charge in [-0.1, -0.05) is 30.3 Å². The summed E-state index contributed by atoms with van der Waals surface area (Å²) in [5.41, 5.74) is 3.50. The van der Waals surface area contributed by atoms with Crippen LogP contribution in [0.5, 0.6) is 11.5 Å². The zero-order valence-corrected chi connectivity index (χ0v) is 10.2. The maximum Gasteiger partial charge on any atom is 0.127 e. The molecule has 2 aromatic carbocycles. The summed E-state index contributed by atoms with van der Waals surface area (Å²) in [5, 5.41) is 0. The Morgan fingerprint density at radius 2 is 1.94 bits per heavy atom. The number of methoxy groups -OCH3 is 1. The van der Waals surface area contributed by atoms with Crippen molar-refractivity contribution in [1.82, 2.24) is 0 Å². The fraction of sp³-hybridized carbons (Fsp3) is 0.125. The molecule has 2 heteroatoms. The summed E-state index contributed by atoms with van der Waals surface area (Å²) < 4.78 is 10.9. The molecule has 0 N–H and O–H groups in total. The van der Waals surface area contributed by atoms with Crippen LogP contribution in [0.3, 0.4) is 0 Å². The van der Waals surface area contributed by atoms with Crippen LogP contribution < -0.4 is 9.47 Å². The molecule has 0 spiro atoms.